The molecule has 1 aromatic rings. The lowest BCUT2D eigenvalue weighted by Crippen LogP contribution is -2.24. The van der Waals surface area contributed by atoms with Crippen LogP contribution in [0.5, 0.6) is 5.75 Å². The molecular weight excluding hydrogens is 190 g/mol. The standard InChI is InChI=1S/C9H12F2N2O/c1-5(12)4-14-9-7(13)3-2-6(10)8(9)11/h2-3,5H,4,12-13H2,1H3. The minimum Gasteiger partial charge on any atom is -0.487 e. The van der Waals surface area contributed by atoms with Gasteiger partial charge in [-0.15, -0.1) is 0 Å². The fourth-order valence-electron chi connectivity index (χ4n) is 0.908. The number of hydrogen-bond donors (Lipinski definition) is 2. The largest absolute Gasteiger partial charge is 0.487 e. The van der Waals surface area contributed by atoms with Gasteiger partial charge in [-0.05, 0) is 19.1 Å². The van der Waals surface area contributed by atoms with Gasteiger partial charge in [0.25, 0.3) is 0 Å². The monoisotopic (exact) mass is 202 g/mol. The zero-order valence-electron chi connectivity index (χ0n) is 7.76. The van der Waals surface area contributed by atoms with Crippen molar-refractivity contribution in [3.63, 3.8) is 0 Å². The molecule has 0 aromatic heterocycles. The van der Waals surface area contributed by atoms with Crippen LogP contribution in [-0.4, -0.2) is 12.6 Å². The highest BCUT2D eigenvalue weighted by atomic mass is 19.2. The summed E-state index contributed by atoms with van der Waals surface area (Å²) in [6.45, 7) is 1.78. The van der Waals surface area contributed by atoms with Crippen LogP contribution in [0.1, 0.15) is 6.92 Å². The molecule has 14 heavy (non-hydrogen) atoms. The van der Waals surface area contributed by atoms with Crippen LogP contribution in [0.15, 0.2) is 12.1 Å². The van der Waals surface area contributed by atoms with Crippen LogP contribution in [0.3, 0.4) is 0 Å². The van der Waals surface area contributed by atoms with Crippen molar-refractivity contribution < 1.29 is 13.5 Å². The Hall–Kier alpha value is -1.36. The molecule has 5 heteroatoms. The Labute approximate surface area is 80.7 Å². The average molecular weight is 202 g/mol. The summed E-state index contributed by atoms with van der Waals surface area (Å²) in [6.07, 6.45) is 0. The second-order valence-corrected chi connectivity index (χ2v) is 3.07. The Morgan fingerprint density at radius 1 is 1.43 bits per heavy atom. The van der Waals surface area contributed by atoms with E-state index >= 15 is 0 Å². The molecule has 0 spiro atoms. The number of ether oxygens (including phenoxy) is 1. The maximum Gasteiger partial charge on any atom is 0.202 e. The van der Waals surface area contributed by atoms with Crippen molar-refractivity contribution in [1.82, 2.24) is 0 Å². The summed E-state index contributed by atoms with van der Waals surface area (Å²) >= 11 is 0. The lowest BCUT2D eigenvalue weighted by Gasteiger charge is -2.11. The second-order valence-electron chi connectivity index (χ2n) is 3.07. The number of anilines is 1. The number of halogens is 2. The smallest absolute Gasteiger partial charge is 0.202 e. The van der Waals surface area contributed by atoms with Gasteiger partial charge in [-0.2, -0.15) is 4.39 Å². The molecule has 0 bridgehead atoms. The van der Waals surface area contributed by atoms with Crippen LogP contribution in [0, 0.1) is 11.6 Å². The minimum atomic E-state index is -1.08. The van der Waals surface area contributed by atoms with Gasteiger partial charge in [0.05, 0.1) is 5.69 Å². The maximum atomic E-state index is 13.1. The topological polar surface area (TPSA) is 61.3 Å². The van der Waals surface area contributed by atoms with E-state index < -0.39 is 11.6 Å². The molecule has 3 nitrogen and oxygen atoms in total. The summed E-state index contributed by atoms with van der Waals surface area (Å²) in [5, 5.41) is 0. The predicted molar refractivity (Wildman–Crippen MR) is 49.9 cm³/mol. The molecule has 1 rings (SSSR count). The van der Waals surface area contributed by atoms with Gasteiger partial charge in [0.1, 0.15) is 6.61 Å². The molecule has 0 aliphatic rings. The number of hydrogen-bond acceptors (Lipinski definition) is 3. The third kappa shape index (κ3) is 2.32. The first-order valence-corrected chi connectivity index (χ1v) is 4.14. The van der Waals surface area contributed by atoms with E-state index in [9.17, 15) is 8.78 Å². The molecule has 4 N–H and O–H groups in total. The van der Waals surface area contributed by atoms with Crippen LogP contribution >= 0.6 is 0 Å². The molecular formula is C9H12F2N2O. The Bertz CT molecular complexity index is 329. The van der Waals surface area contributed by atoms with Crippen LogP contribution < -0.4 is 16.2 Å². The highest BCUT2D eigenvalue weighted by Gasteiger charge is 2.13. The Morgan fingerprint density at radius 2 is 2.07 bits per heavy atom. The van der Waals surface area contributed by atoms with Gasteiger partial charge in [-0.25, -0.2) is 4.39 Å². The highest BCUT2D eigenvalue weighted by molar-refractivity contribution is 5.53. The van der Waals surface area contributed by atoms with Gasteiger partial charge in [0.2, 0.25) is 5.82 Å². The maximum absolute atomic E-state index is 13.1. The fourth-order valence-corrected chi connectivity index (χ4v) is 0.908. The number of nitrogens with two attached hydrogens (primary N) is 2. The summed E-state index contributed by atoms with van der Waals surface area (Å²) in [6, 6.07) is 1.93. The third-order valence-electron chi connectivity index (χ3n) is 1.57. The SMILES string of the molecule is CC(N)COc1c(N)ccc(F)c1F. The van der Waals surface area contributed by atoms with Gasteiger partial charge in [-0.3, -0.25) is 0 Å². The molecule has 1 atom stereocenters. The second kappa shape index (κ2) is 4.23. The quantitative estimate of drug-likeness (QED) is 0.725. The van der Waals surface area contributed by atoms with Gasteiger partial charge < -0.3 is 16.2 Å². The van der Waals surface area contributed by atoms with E-state index in [4.69, 9.17) is 16.2 Å². The molecule has 0 saturated carbocycles. The molecule has 0 aliphatic carbocycles. The lowest BCUT2D eigenvalue weighted by molar-refractivity contribution is 0.279. The molecule has 0 amide bonds. The van der Waals surface area contributed by atoms with Crippen molar-refractivity contribution in [2.24, 2.45) is 5.73 Å². The van der Waals surface area contributed by atoms with Crippen molar-refractivity contribution in [3.05, 3.63) is 23.8 Å². The molecule has 78 valence electrons. The summed E-state index contributed by atoms with van der Waals surface area (Å²) in [5.74, 6) is -2.34. The van der Waals surface area contributed by atoms with Crippen molar-refractivity contribution in [2.45, 2.75) is 13.0 Å². The summed E-state index contributed by atoms with van der Waals surface area (Å²) in [5.41, 5.74) is 10.9. The number of nitrogen functional groups attached to an aromatic ring is 1. The molecule has 0 aliphatic heterocycles. The Kier molecular flexibility index (Phi) is 3.24. The minimum absolute atomic E-state index is 0.0598. The van der Waals surface area contributed by atoms with E-state index in [1.807, 2.05) is 0 Å². The summed E-state index contributed by atoms with van der Waals surface area (Å²) < 4.78 is 30.8. The Balaban J connectivity index is 2.89. The molecule has 0 radical (unpaired) electrons. The van der Waals surface area contributed by atoms with Crippen molar-refractivity contribution in [1.29, 1.82) is 0 Å². The van der Waals surface area contributed by atoms with Crippen LogP contribution in [0.2, 0.25) is 0 Å². The van der Waals surface area contributed by atoms with E-state index in [-0.39, 0.29) is 24.1 Å². The van der Waals surface area contributed by atoms with E-state index in [0.717, 1.165) is 6.07 Å². The first-order valence-electron chi connectivity index (χ1n) is 4.14. The fraction of sp³-hybridized carbons (Fsp3) is 0.333. The molecule has 1 aromatic carbocycles. The van der Waals surface area contributed by atoms with Gasteiger partial charge in [0.15, 0.2) is 11.6 Å². The first kappa shape index (κ1) is 10.7. The predicted octanol–water partition coefficient (Wildman–Crippen LogP) is 1.27. The van der Waals surface area contributed by atoms with E-state index in [2.05, 4.69) is 0 Å². The van der Waals surface area contributed by atoms with E-state index in [1.54, 1.807) is 6.92 Å². The molecule has 0 saturated heterocycles. The zero-order chi connectivity index (χ0) is 10.7. The highest BCUT2D eigenvalue weighted by Crippen LogP contribution is 2.26. The summed E-state index contributed by atoms with van der Waals surface area (Å²) in [7, 11) is 0. The lowest BCUT2D eigenvalue weighted by atomic mass is 10.2. The van der Waals surface area contributed by atoms with Crippen molar-refractivity contribution in [2.75, 3.05) is 12.3 Å². The van der Waals surface area contributed by atoms with Crippen molar-refractivity contribution in [3.8, 4) is 5.75 Å². The summed E-state index contributed by atoms with van der Waals surface area (Å²) in [4.78, 5) is 0. The van der Waals surface area contributed by atoms with Gasteiger partial charge in [-0.1, -0.05) is 0 Å². The van der Waals surface area contributed by atoms with Gasteiger partial charge in [0, 0.05) is 6.04 Å². The number of benzene rings is 1. The molecule has 0 heterocycles. The molecule has 0 fully saturated rings. The first-order chi connectivity index (χ1) is 6.52. The van der Waals surface area contributed by atoms with Crippen LogP contribution in [0.25, 0.3) is 0 Å². The van der Waals surface area contributed by atoms with Crippen molar-refractivity contribution >= 4 is 5.69 Å². The average Bonchev–Trinajstić information content (AvgIpc) is 2.11. The van der Waals surface area contributed by atoms with Gasteiger partial charge >= 0.3 is 0 Å². The van der Waals surface area contributed by atoms with E-state index in [0.29, 0.717) is 0 Å². The van der Waals surface area contributed by atoms with E-state index in [1.165, 1.54) is 6.07 Å². The van der Waals surface area contributed by atoms with Crippen LogP contribution in [0.4, 0.5) is 14.5 Å². The number of rotatable bonds is 3. The Morgan fingerprint density at radius 3 is 2.64 bits per heavy atom. The third-order valence-corrected chi connectivity index (χ3v) is 1.57. The van der Waals surface area contributed by atoms with Crippen LogP contribution in [-0.2, 0) is 0 Å². The zero-order valence-corrected chi connectivity index (χ0v) is 7.76. The normalized spacial score (nSPS) is 12.6. The molecule has 1 unspecified atom stereocenters.